The highest BCUT2D eigenvalue weighted by Crippen LogP contribution is 2.32. The van der Waals surface area contributed by atoms with Gasteiger partial charge in [0.05, 0.1) is 5.02 Å². The lowest BCUT2D eigenvalue weighted by Gasteiger charge is -2.21. The number of hydrogen-bond donors (Lipinski definition) is 2. The van der Waals surface area contributed by atoms with Crippen LogP contribution in [0.25, 0.3) is 0 Å². The summed E-state index contributed by atoms with van der Waals surface area (Å²) in [6.07, 6.45) is 1.42. The summed E-state index contributed by atoms with van der Waals surface area (Å²) in [6.45, 7) is 1.78. The lowest BCUT2D eigenvalue weighted by molar-refractivity contribution is 0.193. The first-order chi connectivity index (χ1) is 11.2. The summed E-state index contributed by atoms with van der Waals surface area (Å²) in [5.41, 5.74) is 1.09. The molecule has 1 unspecified atom stereocenters. The molecule has 0 bridgehead atoms. The number of aliphatic hydroxyl groups excluding tert-OH is 1. The molecule has 1 atom stereocenters. The van der Waals surface area contributed by atoms with Crippen LogP contribution in [0.2, 0.25) is 10.0 Å². The molecule has 0 fully saturated rings. The summed E-state index contributed by atoms with van der Waals surface area (Å²) in [5, 5.41) is 13.3. The monoisotopic (exact) mass is 353 g/mol. The fourth-order valence-corrected chi connectivity index (χ4v) is 2.57. The van der Waals surface area contributed by atoms with Gasteiger partial charge in [-0.15, -0.1) is 0 Å². The Kier molecular flexibility index (Phi) is 7.69. The van der Waals surface area contributed by atoms with Crippen LogP contribution in [-0.2, 0) is 0 Å². The third kappa shape index (κ3) is 6.04. The minimum Gasteiger partial charge on any atom is -0.484 e. The summed E-state index contributed by atoms with van der Waals surface area (Å²) in [4.78, 5) is 0. The average molecular weight is 354 g/mol. The summed E-state index contributed by atoms with van der Waals surface area (Å²) in [6, 6.07) is 15.2. The minimum absolute atomic E-state index is 0.117. The molecule has 2 N–H and O–H groups in total. The van der Waals surface area contributed by atoms with E-state index in [0.717, 1.165) is 31.5 Å². The molecular formula is C18H21Cl2NO2. The van der Waals surface area contributed by atoms with Crippen LogP contribution in [-0.4, -0.2) is 24.8 Å². The molecule has 124 valence electrons. The normalized spacial score (nSPS) is 12.1. The second-order valence-corrected chi connectivity index (χ2v) is 6.05. The van der Waals surface area contributed by atoms with E-state index < -0.39 is 0 Å². The molecule has 0 saturated carbocycles. The van der Waals surface area contributed by atoms with E-state index in [2.05, 4.69) is 5.32 Å². The van der Waals surface area contributed by atoms with Crippen molar-refractivity contribution in [3.8, 4) is 5.75 Å². The summed E-state index contributed by atoms with van der Waals surface area (Å²) in [7, 11) is 0. The van der Waals surface area contributed by atoms with Crippen molar-refractivity contribution in [1.29, 1.82) is 0 Å². The molecule has 0 radical (unpaired) electrons. The van der Waals surface area contributed by atoms with Gasteiger partial charge >= 0.3 is 0 Å². The molecular weight excluding hydrogens is 333 g/mol. The Bertz CT molecular complexity index is 593. The Morgan fingerprint density at radius 3 is 2.57 bits per heavy atom. The van der Waals surface area contributed by atoms with Gasteiger partial charge in [-0.25, -0.2) is 0 Å². The first-order valence-corrected chi connectivity index (χ1v) is 8.44. The van der Waals surface area contributed by atoms with Crippen molar-refractivity contribution in [2.24, 2.45) is 0 Å². The summed E-state index contributed by atoms with van der Waals surface area (Å²) in [5.74, 6) is 0.586. The number of benzene rings is 2. The number of rotatable bonds is 9. The Hall–Kier alpha value is -1.26. The standard InChI is InChI=1S/C18H21Cl2NO2/c19-15-7-8-16(20)18(13-15)23-17(9-11-21-10-4-12-22)14-5-2-1-3-6-14/h1-3,5-8,13,17,21-22H,4,9-12H2. The van der Waals surface area contributed by atoms with Gasteiger partial charge in [0, 0.05) is 24.1 Å². The van der Waals surface area contributed by atoms with Crippen molar-refractivity contribution in [3.63, 3.8) is 0 Å². The van der Waals surface area contributed by atoms with E-state index in [1.165, 1.54) is 0 Å². The fraction of sp³-hybridized carbons (Fsp3) is 0.333. The van der Waals surface area contributed by atoms with Crippen LogP contribution < -0.4 is 10.1 Å². The van der Waals surface area contributed by atoms with Crippen LogP contribution in [0.4, 0.5) is 0 Å². The third-order valence-corrected chi connectivity index (χ3v) is 3.98. The van der Waals surface area contributed by atoms with E-state index in [1.54, 1.807) is 18.2 Å². The predicted molar refractivity (Wildman–Crippen MR) is 95.5 cm³/mol. The van der Waals surface area contributed by atoms with Crippen LogP contribution in [0.3, 0.4) is 0 Å². The second kappa shape index (κ2) is 9.78. The highest BCUT2D eigenvalue weighted by Gasteiger charge is 2.15. The van der Waals surface area contributed by atoms with Crippen molar-refractivity contribution in [3.05, 3.63) is 64.1 Å². The van der Waals surface area contributed by atoms with Crippen LogP contribution >= 0.6 is 23.2 Å². The number of nitrogens with one attached hydrogen (secondary N) is 1. The second-order valence-electron chi connectivity index (χ2n) is 5.21. The van der Waals surface area contributed by atoms with Gasteiger partial charge < -0.3 is 15.2 Å². The molecule has 0 amide bonds. The predicted octanol–water partition coefficient (Wildman–Crippen LogP) is 4.48. The minimum atomic E-state index is -0.117. The van der Waals surface area contributed by atoms with Crippen molar-refractivity contribution >= 4 is 23.2 Å². The van der Waals surface area contributed by atoms with Gasteiger partial charge in [0.1, 0.15) is 11.9 Å². The average Bonchev–Trinajstić information content (AvgIpc) is 2.57. The largest absolute Gasteiger partial charge is 0.484 e. The molecule has 0 aliphatic rings. The highest BCUT2D eigenvalue weighted by atomic mass is 35.5. The van der Waals surface area contributed by atoms with Crippen LogP contribution in [0, 0.1) is 0 Å². The lowest BCUT2D eigenvalue weighted by atomic mass is 10.1. The maximum atomic E-state index is 8.81. The number of aliphatic hydroxyl groups is 1. The van der Waals surface area contributed by atoms with E-state index in [9.17, 15) is 0 Å². The fourth-order valence-electron chi connectivity index (χ4n) is 2.24. The zero-order chi connectivity index (χ0) is 16.5. The van der Waals surface area contributed by atoms with Gasteiger partial charge in [0.15, 0.2) is 0 Å². The molecule has 0 heterocycles. The third-order valence-electron chi connectivity index (χ3n) is 3.43. The molecule has 3 nitrogen and oxygen atoms in total. The summed E-state index contributed by atoms with van der Waals surface area (Å²) < 4.78 is 6.11. The lowest BCUT2D eigenvalue weighted by Crippen LogP contribution is -2.21. The highest BCUT2D eigenvalue weighted by molar-refractivity contribution is 6.34. The molecule has 0 aliphatic heterocycles. The Morgan fingerprint density at radius 1 is 1.04 bits per heavy atom. The van der Waals surface area contributed by atoms with E-state index in [4.69, 9.17) is 33.0 Å². The van der Waals surface area contributed by atoms with Crippen LogP contribution in [0.5, 0.6) is 5.75 Å². The molecule has 2 aromatic rings. The SMILES string of the molecule is OCCCNCCC(Oc1cc(Cl)ccc1Cl)c1ccccc1. The van der Waals surface area contributed by atoms with E-state index in [0.29, 0.717) is 15.8 Å². The van der Waals surface area contributed by atoms with Gasteiger partial charge in [-0.2, -0.15) is 0 Å². The number of hydrogen-bond acceptors (Lipinski definition) is 3. The van der Waals surface area contributed by atoms with Crippen LogP contribution in [0.1, 0.15) is 24.5 Å². The Balaban J connectivity index is 2.05. The van der Waals surface area contributed by atoms with E-state index in [1.807, 2.05) is 30.3 Å². The van der Waals surface area contributed by atoms with Crippen molar-refractivity contribution in [2.75, 3.05) is 19.7 Å². The first-order valence-electron chi connectivity index (χ1n) is 7.69. The molecule has 23 heavy (non-hydrogen) atoms. The summed E-state index contributed by atoms with van der Waals surface area (Å²) >= 11 is 12.2. The quantitative estimate of drug-likeness (QED) is 0.653. The molecule has 0 spiro atoms. The molecule has 2 aromatic carbocycles. The Morgan fingerprint density at radius 2 is 1.83 bits per heavy atom. The van der Waals surface area contributed by atoms with Gasteiger partial charge in [0.25, 0.3) is 0 Å². The maximum absolute atomic E-state index is 8.81. The van der Waals surface area contributed by atoms with Gasteiger partial charge in [-0.1, -0.05) is 53.5 Å². The zero-order valence-electron chi connectivity index (χ0n) is 12.8. The molecule has 0 aliphatic carbocycles. The van der Waals surface area contributed by atoms with Crippen molar-refractivity contribution in [2.45, 2.75) is 18.9 Å². The van der Waals surface area contributed by atoms with Crippen molar-refractivity contribution in [1.82, 2.24) is 5.32 Å². The molecule has 2 rings (SSSR count). The molecule has 5 heteroatoms. The smallest absolute Gasteiger partial charge is 0.140 e. The molecule has 0 saturated heterocycles. The van der Waals surface area contributed by atoms with Gasteiger partial charge in [-0.3, -0.25) is 0 Å². The first kappa shape index (κ1) is 18.1. The number of ether oxygens (including phenoxy) is 1. The zero-order valence-corrected chi connectivity index (χ0v) is 14.4. The number of halogens is 2. The topological polar surface area (TPSA) is 41.5 Å². The van der Waals surface area contributed by atoms with E-state index >= 15 is 0 Å². The maximum Gasteiger partial charge on any atom is 0.140 e. The molecule has 0 aromatic heterocycles. The van der Waals surface area contributed by atoms with Crippen molar-refractivity contribution < 1.29 is 9.84 Å². The van der Waals surface area contributed by atoms with Crippen LogP contribution in [0.15, 0.2) is 48.5 Å². The Labute approximate surface area is 147 Å². The van der Waals surface area contributed by atoms with E-state index in [-0.39, 0.29) is 12.7 Å². The van der Waals surface area contributed by atoms with Gasteiger partial charge in [0.2, 0.25) is 0 Å². The van der Waals surface area contributed by atoms with Gasteiger partial charge in [-0.05, 0) is 37.2 Å².